The number of hydrogen-bond acceptors (Lipinski definition) is 1. The lowest BCUT2D eigenvalue weighted by molar-refractivity contribution is 0.504. The van der Waals surface area contributed by atoms with Gasteiger partial charge < -0.3 is 4.42 Å². The van der Waals surface area contributed by atoms with Crippen LogP contribution in [0.4, 0.5) is 0 Å². The zero-order valence-corrected chi connectivity index (χ0v) is 9.53. The number of furan rings is 1. The first-order valence-corrected chi connectivity index (χ1v) is 5.59. The van der Waals surface area contributed by atoms with Gasteiger partial charge in [0, 0.05) is 0 Å². The van der Waals surface area contributed by atoms with E-state index in [4.69, 9.17) is 4.42 Å². The van der Waals surface area contributed by atoms with E-state index in [1.54, 1.807) is 0 Å². The Kier molecular flexibility index (Phi) is 2.00. The number of allylic oxidation sites excluding steroid dienone is 1. The van der Waals surface area contributed by atoms with E-state index in [-0.39, 0.29) is 0 Å². The summed E-state index contributed by atoms with van der Waals surface area (Å²) in [4.78, 5) is 0. The molecule has 0 fully saturated rings. The summed E-state index contributed by atoms with van der Waals surface area (Å²) in [6.07, 6.45) is 6.24. The van der Waals surface area contributed by atoms with Crippen molar-refractivity contribution in [1.82, 2.24) is 0 Å². The average molecular weight is 210 g/mol. The van der Waals surface area contributed by atoms with Gasteiger partial charge in [-0.2, -0.15) is 0 Å². The molecular formula is C15H14O. The maximum Gasteiger partial charge on any atom is 0.118 e. The van der Waals surface area contributed by atoms with Crippen molar-refractivity contribution in [1.29, 1.82) is 0 Å². The van der Waals surface area contributed by atoms with Gasteiger partial charge in [-0.15, -0.1) is 0 Å². The first-order valence-electron chi connectivity index (χ1n) is 5.59. The molecule has 1 atom stereocenters. The highest BCUT2D eigenvalue weighted by atomic mass is 16.3. The molecule has 0 spiro atoms. The van der Waals surface area contributed by atoms with Crippen molar-refractivity contribution in [2.75, 3.05) is 0 Å². The van der Waals surface area contributed by atoms with Crippen LogP contribution >= 0.6 is 0 Å². The fraction of sp³-hybridized carbons (Fsp3) is 0.200. The molecule has 0 saturated carbocycles. The van der Waals surface area contributed by atoms with Crippen LogP contribution in [-0.4, -0.2) is 0 Å². The Bertz CT molecular complexity index is 561. The van der Waals surface area contributed by atoms with Gasteiger partial charge in [-0.05, 0) is 36.1 Å². The summed E-state index contributed by atoms with van der Waals surface area (Å²) < 4.78 is 5.68. The fourth-order valence-corrected chi connectivity index (χ4v) is 2.31. The van der Waals surface area contributed by atoms with Crippen molar-refractivity contribution in [3.05, 3.63) is 64.6 Å². The smallest absolute Gasteiger partial charge is 0.118 e. The second-order valence-corrected chi connectivity index (χ2v) is 4.37. The molecule has 1 nitrogen and oxygen atoms in total. The Morgan fingerprint density at radius 2 is 1.94 bits per heavy atom. The fourth-order valence-electron chi connectivity index (χ4n) is 2.31. The Labute approximate surface area is 95.4 Å². The zero-order valence-electron chi connectivity index (χ0n) is 9.53. The molecule has 1 heterocycles. The average Bonchev–Trinajstić information content (AvgIpc) is 2.85. The van der Waals surface area contributed by atoms with Crippen molar-refractivity contribution in [2.24, 2.45) is 0 Å². The lowest BCUT2D eigenvalue weighted by atomic mass is 9.95. The first-order chi connectivity index (χ1) is 7.77. The molecule has 3 rings (SSSR count). The number of aryl methyl sites for hydroxylation is 1. The Morgan fingerprint density at radius 1 is 1.12 bits per heavy atom. The summed E-state index contributed by atoms with van der Waals surface area (Å²) in [5, 5.41) is 0. The molecule has 1 heteroatoms. The van der Waals surface area contributed by atoms with Gasteiger partial charge in [0.05, 0.1) is 12.2 Å². The van der Waals surface area contributed by atoms with Crippen LogP contribution in [0.15, 0.2) is 41.0 Å². The Morgan fingerprint density at radius 3 is 2.69 bits per heavy atom. The molecule has 2 aromatic rings. The van der Waals surface area contributed by atoms with Crippen LogP contribution in [0.2, 0.25) is 0 Å². The minimum absolute atomic E-state index is 0.296. The second kappa shape index (κ2) is 3.38. The van der Waals surface area contributed by atoms with Crippen LogP contribution in [0, 0.1) is 13.8 Å². The zero-order chi connectivity index (χ0) is 11.1. The standard InChI is InChI=1S/C15H14O/c1-10-9-16-15(11(10)2)14-8-7-12-5-3-4-6-13(12)14/h3-9,14H,1-2H3. The van der Waals surface area contributed by atoms with Crippen molar-refractivity contribution >= 4 is 6.08 Å². The lowest BCUT2D eigenvalue weighted by Gasteiger charge is -2.09. The van der Waals surface area contributed by atoms with Gasteiger partial charge in [0.15, 0.2) is 0 Å². The van der Waals surface area contributed by atoms with Crippen LogP contribution < -0.4 is 0 Å². The van der Waals surface area contributed by atoms with Crippen molar-refractivity contribution < 1.29 is 4.42 Å². The summed E-state index contributed by atoms with van der Waals surface area (Å²) >= 11 is 0. The number of rotatable bonds is 1. The molecule has 1 aliphatic rings. The third-order valence-electron chi connectivity index (χ3n) is 3.41. The van der Waals surface area contributed by atoms with Crippen LogP contribution in [0.1, 0.15) is 33.9 Å². The third kappa shape index (κ3) is 1.25. The van der Waals surface area contributed by atoms with Gasteiger partial charge in [0.25, 0.3) is 0 Å². The summed E-state index contributed by atoms with van der Waals surface area (Å²) in [7, 11) is 0. The van der Waals surface area contributed by atoms with E-state index in [9.17, 15) is 0 Å². The molecule has 0 bridgehead atoms. The highest BCUT2D eigenvalue weighted by Crippen LogP contribution is 2.37. The molecule has 16 heavy (non-hydrogen) atoms. The van der Waals surface area contributed by atoms with Crippen LogP contribution in [0.25, 0.3) is 6.08 Å². The monoisotopic (exact) mass is 210 g/mol. The second-order valence-electron chi connectivity index (χ2n) is 4.37. The highest BCUT2D eigenvalue weighted by Gasteiger charge is 2.23. The van der Waals surface area contributed by atoms with E-state index in [0.29, 0.717) is 5.92 Å². The SMILES string of the molecule is Cc1coc(C2C=Cc3ccccc32)c1C. The van der Waals surface area contributed by atoms with E-state index >= 15 is 0 Å². The molecule has 1 aromatic heterocycles. The van der Waals surface area contributed by atoms with E-state index in [1.165, 1.54) is 22.3 Å². The summed E-state index contributed by atoms with van der Waals surface area (Å²) in [5.41, 5.74) is 5.15. The predicted octanol–water partition coefficient (Wildman–Crippen LogP) is 4.06. The predicted molar refractivity (Wildman–Crippen MR) is 65.5 cm³/mol. The first kappa shape index (κ1) is 9.46. The molecule has 0 amide bonds. The number of fused-ring (bicyclic) bond motifs is 1. The maximum absolute atomic E-state index is 5.68. The minimum atomic E-state index is 0.296. The molecule has 80 valence electrons. The topological polar surface area (TPSA) is 13.1 Å². The number of hydrogen-bond donors (Lipinski definition) is 0. The van der Waals surface area contributed by atoms with Crippen LogP contribution in [0.5, 0.6) is 0 Å². The van der Waals surface area contributed by atoms with Crippen LogP contribution in [-0.2, 0) is 0 Å². The van der Waals surface area contributed by atoms with Crippen molar-refractivity contribution in [2.45, 2.75) is 19.8 Å². The van der Waals surface area contributed by atoms with Gasteiger partial charge in [0.2, 0.25) is 0 Å². The quantitative estimate of drug-likeness (QED) is 0.692. The Hall–Kier alpha value is -1.76. The van der Waals surface area contributed by atoms with Gasteiger partial charge >= 0.3 is 0 Å². The highest BCUT2D eigenvalue weighted by molar-refractivity contribution is 5.64. The molecule has 1 aromatic carbocycles. The molecular weight excluding hydrogens is 196 g/mol. The minimum Gasteiger partial charge on any atom is -0.468 e. The van der Waals surface area contributed by atoms with E-state index in [0.717, 1.165) is 5.76 Å². The molecule has 0 aliphatic heterocycles. The molecule has 0 radical (unpaired) electrons. The van der Waals surface area contributed by atoms with Crippen molar-refractivity contribution in [3.8, 4) is 0 Å². The summed E-state index contributed by atoms with van der Waals surface area (Å²) in [5.74, 6) is 1.38. The third-order valence-corrected chi connectivity index (χ3v) is 3.41. The van der Waals surface area contributed by atoms with Gasteiger partial charge in [0.1, 0.15) is 5.76 Å². The van der Waals surface area contributed by atoms with E-state index < -0.39 is 0 Å². The van der Waals surface area contributed by atoms with Crippen LogP contribution in [0.3, 0.4) is 0 Å². The largest absolute Gasteiger partial charge is 0.468 e. The Balaban J connectivity index is 2.12. The molecule has 1 unspecified atom stereocenters. The van der Waals surface area contributed by atoms with Gasteiger partial charge in [-0.1, -0.05) is 36.4 Å². The van der Waals surface area contributed by atoms with Gasteiger partial charge in [-0.25, -0.2) is 0 Å². The van der Waals surface area contributed by atoms with Crippen molar-refractivity contribution in [3.63, 3.8) is 0 Å². The normalized spacial score (nSPS) is 17.8. The number of benzene rings is 1. The summed E-state index contributed by atoms with van der Waals surface area (Å²) in [6.45, 7) is 4.22. The van der Waals surface area contributed by atoms with E-state index in [1.807, 2.05) is 6.26 Å². The molecule has 0 saturated heterocycles. The van der Waals surface area contributed by atoms with Gasteiger partial charge in [-0.3, -0.25) is 0 Å². The lowest BCUT2D eigenvalue weighted by Crippen LogP contribution is -1.96. The summed E-state index contributed by atoms with van der Waals surface area (Å²) in [6, 6.07) is 8.49. The maximum atomic E-state index is 5.68. The van der Waals surface area contributed by atoms with E-state index in [2.05, 4.69) is 50.3 Å². The molecule has 1 aliphatic carbocycles. The molecule has 0 N–H and O–H groups in total.